The first-order chi connectivity index (χ1) is 12.6. The third-order valence-electron chi connectivity index (χ3n) is 3.89. The summed E-state index contributed by atoms with van der Waals surface area (Å²) in [6.07, 6.45) is -0.293. The van der Waals surface area contributed by atoms with Crippen LogP contribution in [-0.4, -0.2) is 24.2 Å². The van der Waals surface area contributed by atoms with Gasteiger partial charge in [-0.25, -0.2) is 9.59 Å². The number of allylic oxidation sites excluding steroid dienone is 1. The van der Waals surface area contributed by atoms with E-state index in [2.05, 4.69) is 10.6 Å². The summed E-state index contributed by atoms with van der Waals surface area (Å²) in [5, 5.41) is 5.96. The molecule has 1 aliphatic heterocycles. The number of benzene rings is 1. The van der Waals surface area contributed by atoms with Crippen LogP contribution in [0.3, 0.4) is 0 Å². The largest absolute Gasteiger partial charge is 0.489 e. The van der Waals surface area contributed by atoms with E-state index in [0.717, 1.165) is 0 Å². The third-order valence-corrected chi connectivity index (χ3v) is 4.19. The molecule has 148 valence electrons. The van der Waals surface area contributed by atoms with Gasteiger partial charge in [0.1, 0.15) is 5.75 Å². The molecule has 1 unspecified atom stereocenters. The highest BCUT2D eigenvalue weighted by atomic mass is 35.5. The molecule has 0 aliphatic carbocycles. The van der Waals surface area contributed by atoms with Gasteiger partial charge in [-0.05, 0) is 51.3 Å². The van der Waals surface area contributed by atoms with E-state index >= 15 is 0 Å². The number of amides is 2. The molecule has 1 heterocycles. The van der Waals surface area contributed by atoms with Crippen molar-refractivity contribution >= 4 is 23.6 Å². The maximum atomic E-state index is 12.8. The minimum absolute atomic E-state index is 0.0176. The molecule has 2 rings (SSSR count). The van der Waals surface area contributed by atoms with E-state index in [1.807, 2.05) is 27.7 Å². The lowest BCUT2D eigenvalue weighted by Crippen LogP contribution is -2.47. The van der Waals surface area contributed by atoms with Crippen molar-refractivity contribution < 1.29 is 19.1 Å². The van der Waals surface area contributed by atoms with Gasteiger partial charge in [0, 0.05) is 5.70 Å². The number of carbonyl (C=O) groups excluding carboxylic acids is 2. The summed E-state index contributed by atoms with van der Waals surface area (Å²) in [7, 11) is 0. The molecule has 7 heteroatoms. The lowest BCUT2D eigenvalue weighted by molar-refractivity contribution is -0.143. The monoisotopic (exact) mass is 394 g/mol. The Balaban J connectivity index is 2.51. The van der Waals surface area contributed by atoms with Gasteiger partial charge in [-0.1, -0.05) is 31.5 Å². The minimum atomic E-state index is -0.659. The van der Waals surface area contributed by atoms with E-state index in [1.54, 1.807) is 32.0 Å². The molecule has 1 atom stereocenters. The molecule has 1 aliphatic rings. The lowest BCUT2D eigenvalue weighted by atomic mass is 9.91. The first kappa shape index (κ1) is 21.1. The zero-order chi connectivity index (χ0) is 20.3. The number of ether oxygens (including phenoxy) is 2. The number of hydrogen-bond donors (Lipinski definition) is 2. The van der Waals surface area contributed by atoms with Crippen LogP contribution in [0.15, 0.2) is 29.5 Å². The van der Waals surface area contributed by atoms with Crippen molar-refractivity contribution in [3.05, 3.63) is 40.1 Å². The van der Waals surface area contributed by atoms with Gasteiger partial charge in [-0.15, -0.1) is 0 Å². The quantitative estimate of drug-likeness (QED) is 0.703. The Labute approximate surface area is 165 Å². The molecule has 0 fully saturated rings. The van der Waals surface area contributed by atoms with E-state index in [9.17, 15) is 9.59 Å². The molecule has 6 nitrogen and oxygen atoms in total. The SMILES string of the molecule is CC(C)OC(=O)C1=C(C(C)C)NC(=O)NC1c1ccc(OC(C)C)c(Cl)c1. The van der Waals surface area contributed by atoms with Crippen LogP contribution in [0.25, 0.3) is 0 Å². The van der Waals surface area contributed by atoms with Crippen molar-refractivity contribution in [2.75, 3.05) is 0 Å². The van der Waals surface area contributed by atoms with E-state index in [-0.39, 0.29) is 24.2 Å². The number of esters is 1. The fraction of sp³-hybridized carbons (Fsp3) is 0.500. The summed E-state index contributed by atoms with van der Waals surface area (Å²) in [4.78, 5) is 25.0. The van der Waals surface area contributed by atoms with Crippen molar-refractivity contribution in [2.24, 2.45) is 5.92 Å². The van der Waals surface area contributed by atoms with Crippen LogP contribution in [0.2, 0.25) is 5.02 Å². The average molecular weight is 395 g/mol. The number of nitrogens with one attached hydrogen (secondary N) is 2. The Bertz CT molecular complexity index is 756. The Morgan fingerprint density at radius 1 is 1.11 bits per heavy atom. The van der Waals surface area contributed by atoms with E-state index < -0.39 is 12.0 Å². The van der Waals surface area contributed by atoms with Crippen LogP contribution in [-0.2, 0) is 9.53 Å². The van der Waals surface area contributed by atoms with Crippen molar-refractivity contribution in [3.8, 4) is 5.75 Å². The Morgan fingerprint density at radius 2 is 1.78 bits per heavy atom. The summed E-state index contributed by atoms with van der Waals surface area (Å²) in [5.74, 6) is 0.0205. The van der Waals surface area contributed by atoms with Crippen LogP contribution in [0, 0.1) is 5.92 Å². The van der Waals surface area contributed by atoms with Crippen LogP contribution in [0.4, 0.5) is 4.79 Å². The Morgan fingerprint density at radius 3 is 2.30 bits per heavy atom. The molecule has 0 radical (unpaired) electrons. The number of urea groups is 1. The number of rotatable bonds is 6. The van der Waals surface area contributed by atoms with Gasteiger partial charge in [0.2, 0.25) is 0 Å². The Kier molecular flexibility index (Phi) is 6.76. The standard InChI is InChI=1S/C20H27ClN2O4/c1-10(2)17-16(19(24)27-12(5)6)18(23-20(25)22-17)13-7-8-15(14(21)9-13)26-11(3)4/h7-12,18H,1-6H3,(H2,22,23,25). The van der Waals surface area contributed by atoms with Gasteiger partial charge in [0.05, 0.1) is 28.8 Å². The topological polar surface area (TPSA) is 76.7 Å². The maximum Gasteiger partial charge on any atom is 0.338 e. The smallest absolute Gasteiger partial charge is 0.338 e. The molecule has 0 saturated heterocycles. The summed E-state index contributed by atoms with van der Waals surface area (Å²) < 4.78 is 11.1. The van der Waals surface area contributed by atoms with Gasteiger partial charge in [-0.3, -0.25) is 0 Å². The number of halogens is 1. The van der Waals surface area contributed by atoms with Crippen molar-refractivity contribution in [1.82, 2.24) is 10.6 Å². The average Bonchev–Trinajstić information content (AvgIpc) is 2.54. The van der Waals surface area contributed by atoms with Crippen molar-refractivity contribution in [2.45, 2.75) is 59.8 Å². The predicted octanol–water partition coefficient (Wildman–Crippen LogP) is 4.34. The molecule has 2 amide bonds. The third kappa shape index (κ3) is 5.16. The fourth-order valence-electron chi connectivity index (χ4n) is 2.84. The summed E-state index contributed by atoms with van der Waals surface area (Å²) in [5.41, 5.74) is 1.61. The van der Waals surface area contributed by atoms with Crippen LogP contribution >= 0.6 is 11.6 Å². The number of carbonyl (C=O) groups is 2. The molecule has 27 heavy (non-hydrogen) atoms. The molecule has 1 aromatic rings. The van der Waals surface area contributed by atoms with E-state index in [0.29, 0.717) is 27.6 Å². The summed E-state index contributed by atoms with van der Waals surface area (Å²) in [6, 6.07) is 4.21. The second-order valence-electron chi connectivity index (χ2n) is 7.32. The first-order valence-electron chi connectivity index (χ1n) is 9.08. The van der Waals surface area contributed by atoms with Crippen LogP contribution in [0.5, 0.6) is 5.75 Å². The van der Waals surface area contributed by atoms with Gasteiger partial charge >= 0.3 is 12.0 Å². The molecule has 0 bridgehead atoms. The lowest BCUT2D eigenvalue weighted by Gasteiger charge is -2.31. The zero-order valence-electron chi connectivity index (χ0n) is 16.6. The van der Waals surface area contributed by atoms with Crippen molar-refractivity contribution in [1.29, 1.82) is 0 Å². The van der Waals surface area contributed by atoms with Gasteiger partial charge in [0.15, 0.2) is 0 Å². The second kappa shape index (κ2) is 8.65. The molecule has 0 saturated carbocycles. The normalized spacial score (nSPS) is 17.3. The maximum absolute atomic E-state index is 12.8. The molecular weight excluding hydrogens is 368 g/mol. The van der Waals surface area contributed by atoms with Gasteiger partial charge < -0.3 is 20.1 Å². The Hall–Kier alpha value is -2.21. The van der Waals surface area contributed by atoms with Crippen LogP contribution in [0.1, 0.15) is 53.1 Å². The number of hydrogen-bond acceptors (Lipinski definition) is 4. The van der Waals surface area contributed by atoms with Gasteiger partial charge in [-0.2, -0.15) is 0 Å². The van der Waals surface area contributed by atoms with Gasteiger partial charge in [0.25, 0.3) is 0 Å². The highest BCUT2D eigenvalue weighted by molar-refractivity contribution is 6.32. The highest BCUT2D eigenvalue weighted by Gasteiger charge is 2.35. The summed E-state index contributed by atoms with van der Waals surface area (Å²) >= 11 is 6.35. The zero-order valence-corrected chi connectivity index (χ0v) is 17.3. The van der Waals surface area contributed by atoms with E-state index in [4.69, 9.17) is 21.1 Å². The molecular formula is C20H27ClN2O4. The second-order valence-corrected chi connectivity index (χ2v) is 7.73. The van der Waals surface area contributed by atoms with Crippen molar-refractivity contribution in [3.63, 3.8) is 0 Å². The minimum Gasteiger partial charge on any atom is -0.489 e. The van der Waals surface area contributed by atoms with Crippen LogP contribution < -0.4 is 15.4 Å². The summed E-state index contributed by atoms with van der Waals surface area (Å²) in [6.45, 7) is 11.2. The molecule has 0 spiro atoms. The molecule has 0 aromatic heterocycles. The molecule has 1 aromatic carbocycles. The fourth-order valence-corrected chi connectivity index (χ4v) is 3.07. The predicted molar refractivity (Wildman–Crippen MR) is 105 cm³/mol. The highest BCUT2D eigenvalue weighted by Crippen LogP contribution is 2.35. The first-order valence-corrected chi connectivity index (χ1v) is 9.46. The molecule has 2 N–H and O–H groups in total. The van der Waals surface area contributed by atoms with E-state index in [1.165, 1.54) is 0 Å².